The number of aromatic nitrogens is 4. The second kappa shape index (κ2) is 5.82. The Labute approximate surface area is 126 Å². The second-order valence-corrected chi connectivity index (χ2v) is 5.11. The molecule has 0 aliphatic carbocycles. The summed E-state index contributed by atoms with van der Waals surface area (Å²) in [5.41, 5.74) is 0.920. The van der Waals surface area contributed by atoms with Gasteiger partial charge >= 0.3 is 12.4 Å². The van der Waals surface area contributed by atoms with Crippen molar-refractivity contribution < 1.29 is 13.2 Å². The molecule has 7 nitrogen and oxygen atoms in total. The van der Waals surface area contributed by atoms with E-state index in [2.05, 4.69) is 25.1 Å². The summed E-state index contributed by atoms with van der Waals surface area (Å²) in [4.78, 5) is 12.6. The monoisotopic (exact) mass is 310 g/mol. The highest BCUT2D eigenvalue weighted by Crippen LogP contribution is 2.23. The van der Waals surface area contributed by atoms with E-state index >= 15 is 0 Å². The molecule has 9 heteroatoms. The topological polar surface area (TPSA) is 71.2 Å². The summed E-state index contributed by atoms with van der Waals surface area (Å²) in [7, 11) is 0. The SMILES string of the molecule is Cc1cc(N2CCN(c3nnc(C(F)F)o3)CC2)nc(C)n1. The van der Waals surface area contributed by atoms with E-state index < -0.39 is 12.3 Å². The van der Waals surface area contributed by atoms with Crippen molar-refractivity contribution in [2.24, 2.45) is 0 Å². The molecule has 0 radical (unpaired) electrons. The van der Waals surface area contributed by atoms with Gasteiger partial charge in [0.2, 0.25) is 0 Å². The van der Waals surface area contributed by atoms with Crippen LogP contribution in [0.4, 0.5) is 20.6 Å². The van der Waals surface area contributed by atoms with Crippen molar-refractivity contribution in [3.05, 3.63) is 23.5 Å². The molecule has 1 aliphatic rings. The molecule has 0 unspecified atom stereocenters. The average Bonchev–Trinajstić information content (AvgIpc) is 2.96. The summed E-state index contributed by atoms with van der Waals surface area (Å²) in [5, 5.41) is 7.02. The molecule has 0 spiro atoms. The van der Waals surface area contributed by atoms with Gasteiger partial charge in [0.15, 0.2) is 0 Å². The normalized spacial score (nSPS) is 15.7. The molecule has 1 aliphatic heterocycles. The molecule has 0 atom stereocenters. The van der Waals surface area contributed by atoms with Crippen LogP contribution in [0.25, 0.3) is 0 Å². The van der Waals surface area contributed by atoms with E-state index in [0.717, 1.165) is 17.3 Å². The van der Waals surface area contributed by atoms with Crippen molar-refractivity contribution in [3.63, 3.8) is 0 Å². The Morgan fingerprint density at radius 2 is 1.73 bits per heavy atom. The smallest absolute Gasteiger partial charge is 0.318 e. The minimum Gasteiger partial charge on any atom is -0.402 e. The van der Waals surface area contributed by atoms with Gasteiger partial charge in [-0.2, -0.15) is 8.78 Å². The number of halogens is 2. The zero-order chi connectivity index (χ0) is 15.7. The fourth-order valence-corrected chi connectivity index (χ4v) is 2.43. The van der Waals surface area contributed by atoms with Crippen molar-refractivity contribution in [3.8, 4) is 0 Å². The number of aryl methyl sites for hydroxylation is 2. The van der Waals surface area contributed by atoms with E-state index in [1.165, 1.54) is 0 Å². The van der Waals surface area contributed by atoms with E-state index in [-0.39, 0.29) is 6.01 Å². The standard InChI is InChI=1S/C13H16F2N6O/c1-8-7-10(17-9(2)16-8)20-3-5-21(6-4-20)13-19-18-12(22-13)11(14)15/h7,11H,3-6H2,1-2H3. The van der Waals surface area contributed by atoms with Gasteiger partial charge in [-0.1, -0.05) is 5.10 Å². The molecule has 3 rings (SSSR count). The van der Waals surface area contributed by atoms with Crippen LogP contribution in [0.15, 0.2) is 10.5 Å². The first-order chi connectivity index (χ1) is 10.5. The molecule has 0 saturated carbocycles. The first-order valence-electron chi connectivity index (χ1n) is 6.96. The van der Waals surface area contributed by atoms with Crippen molar-refractivity contribution >= 4 is 11.8 Å². The van der Waals surface area contributed by atoms with Crippen molar-refractivity contribution in [2.45, 2.75) is 20.3 Å². The molecule has 22 heavy (non-hydrogen) atoms. The molecule has 3 heterocycles. The number of nitrogens with zero attached hydrogens (tertiary/aromatic N) is 6. The van der Waals surface area contributed by atoms with E-state index in [1.807, 2.05) is 19.9 Å². The third-order valence-electron chi connectivity index (χ3n) is 3.44. The lowest BCUT2D eigenvalue weighted by atomic mass is 10.3. The second-order valence-electron chi connectivity index (χ2n) is 5.11. The summed E-state index contributed by atoms with van der Waals surface area (Å²) >= 11 is 0. The Hall–Kier alpha value is -2.32. The quantitative estimate of drug-likeness (QED) is 0.855. The van der Waals surface area contributed by atoms with E-state index in [1.54, 1.807) is 4.90 Å². The summed E-state index contributed by atoms with van der Waals surface area (Å²) < 4.78 is 29.9. The maximum Gasteiger partial charge on any atom is 0.318 e. The van der Waals surface area contributed by atoms with Crippen LogP contribution in [0.2, 0.25) is 0 Å². The van der Waals surface area contributed by atoms with Gasteiger partial charge < -0.3 is 14.2 Å². The van der Waals surface area contributed by atoms with Crippen molar-refractivity contribution in [2.75, 3.05) is 36.0 Å². The Kier molecular flexibility index (Phi) is 3.86. The third-order valence-corrected chi connectivity index (χ3v) is 3.44. The Morgan fingerprint density at radius 1 is 1.05 bits per heavy atom. The highest BCUT2D eigenvalue weighted by molar-refractivity contribution is 5.42. The molecule has 0 N–H and O–H groups in total. The zero-order valence-corrected chi connectivity index (χ0v) is 12.3. The minimum atomic E-state index is -2.74. The van der Waals surface area contributed by atoms with Gasteiger partial charge in [-0.15, -0.1) is 5.10 Å². The van der Waals surface area contributed by atoms with E-state index in [4.69, 9.17) is 4.42 Å². The minimum absolute atomic E-state index is 0.144. The van der Waals surface area contributed by atoms with Crippen LogP contribution in [0.5, 0.6) is 0 Å². The number of rotatable bonds is 3. The van der Waals surface area contributed by atoms with Crippen LogP contribution in [-0.4, -0.2) is 46.3 Å². The molecule has 0 aromatic carbocycles. The Bertz CT molecular complexity index is 633. The predicted octanol–water partition coefficient (Wildman–Crippen LogP) is 1.74. The predicted molar refractivity (Wildman–Crippen MR) is 75.2 cm³/mol. The fourth-order valence-electron chi connectivity index (χ4n) is 2.43. The lowest BCUT2D eigenvalue weighted by Crippen LogP contribution is -2.47. The molecule has 0 bridgehead atoms. The molecule has 1 fully saturated rings. The molecule has 0 amide bonds. The van der Waals surface area contributed by atoms with Gasteiger partial charge in [0, 0.05) is 37.9 Å². The van der Waals surface area contributed by atoms with E-state index in [0.29, 0.717) is 26.2 Å². The highest BCUT2D eigenvalue weighted by Gasteiger charge is 2.24. The summed E-state index contributed by atoms with van der Waals surface area (Å²) in [5.74, 6) is 0.971. The van der Waals surface area contributed by atoms with Crippen LogP contribution < -0.4 is 9.80 Å². The summed E-state index contributed by atoms with van der Waals surface area (Å²) in [6, 6.07) is 2.08. The fraction of sp³-hybridized carbons (Fsp3) is 0.538. The first-order valence-corrected chi connectivity index (χ1v) is 6.96. The first kappa shape index (κ1) is 14.6. The number of hydrogen-bond acceptors (Lipinski definition) is 7. The van der Waals surface area contributed by atoms with Crippen LogP contribution >= 0.6 is 0 Å². The largest absolute Gasteiger partial charge is 0.402 e. The van der Waals surface area contributed by atoms with Gasteiger partial charge in [0.1, 0.15) is 11.6 Å². The van der Waals surface area contributed by atoms with Crippen molar-refractivity contribution in [1.29, 1.82) is 0 Å². The molecule has 2 aromatic rings. The van der Waals surface area contributed by atoms with Gasteiger partial charge in [0.05, 0.1) is 0 Å². The lowest BCUT2D eigenvalue weighted by Gasteiger charge is -2.34. The Balaban J connectivity index is 1.66. The molecule has 118 valence electrons. The van der Waals surface area contributed by atoms with Crippen LogP contribution in [0, 0.1) is 13.8 Å². The van der Waals surface area contributed by atoms with Gasteiger partial charge in [-0.25, -0.2) is 9.97 Å². The Morgan fingerprint density at radius 3 is 2.32 bits per heavy atom. The number of hydrogen-bond donors (Lipinski definition) is 0. The van der Waals surface area contributed by atoms with Gasteiger partial charge in [-0.3, -0.25) is 0 Å². The summed E-state index contributed by atoms with van der Waals surface area (Å²) in [6.45, 7) is 6.39. The van der Waals surface area contributed by atoms with Crippen LogP contribution in [0.3, 0.4) is 0 Å². The van der Waals surface area contributed by atoms with Gasteiger partial charge in [-0.05, 0) is 13.8 Å². The maximum atomic E-state index is 12.5. The average molecular weight is 310 g/mol. The molecule has 2 aromatic heterocycles. The molecular weight excluding hydrogens is 294 g/mol. The maximum absolute atomic E-state index is 12.5. The van der Waals surface area contributed by atoms with Gasteiger partial charge in [0.25, 0.3) is 5.89 Å². The number of alkyl halides is 2. The molecular formula is C13H16F2N6O. The highest BCUT2D eigenvalue weighted by atomic mass is 19.3. The third kappa shape index (κ3) is 2.97. The lowest BCUT2D eigenvalue weighted by molar-refractivity contribution is 0.115. The van der Waals surface area contributed by atoms with Crippen molar-refractivity contribution in [1.82, 2.24) is 20.2 Å². The van der Waals surface area contributed by atoms with Crippen LogP contribution in [-0.2, 0) is 0 Å². The van der Waals surface area contributed by atoms with Crippen LogP contribution in [0.1, 0.15) is 23.8 Å². The number of anilines is 2. The summed E-state index contributed by atoms with van der Waals surface area (Å²) in [6.07, 6.45) is -2.74. The zero-order valence-electron chi connectivity index (χ0n) is 12.3. The molecule has 1 saturated heterocycles. The van der Waals surface area contributed by atoms with E-state index in [9.17, 15) is 8.78 Å². The number of piperazine rings is 1.